The molecule has 0 spiro atoms. The summed E-state index contributed by atoms with van der Waals surface area (Å²) in [5, 5.41) is 1.56. The van der Waals surface area contributed by atoms with Crippen molar-refractivity contribution < 1.29 is 13.2 Å². The van der Waals surface area contributed by atoms with Crippen LogP contribution in [0.1, 0.15) is 20.3 Å². The first-order chi connectivity index (χ1) is 11.9. The number of sulfone groups is 1. The molecule has 1 fully saturated rings. The quantitative estimate of drug-likeness (QED) is 0.749. The summed E-state index contributed by atoms with van der Waals surface area (Å²) in [5.41, 5.74) is 0.904. The molecule has 0 saturated carbocycles. The fourth-order valence-corrected chi connectivity index (χ4v) is 5.82. The van der Waals surface area contributed by atoms with Crippen molar-refractivity contribution >= 4 is 38.4 Å². The van der Waals surface area contributed by atoms with E-state index in [1.54, 1.807) is 4.90 Å². The maximum atomic E-state index is 12.8. The molecule has 1 aliphatic rings. The summed E-state index contributed by atoms with van der Waals surface area (Å²) in [7, 11) is -3.01. The number of carbonyl (C=O) groups is 1. The first-order valence-electron chi connectivity index (χ1n) is 8.43. The Hall–Kier alpha value is -1.60. The van der Waals surface area contributed by atoms with Crippen molar-refractivity contribution in [3.05, 3.63) is 36.4 Å². The van der Waals surface area contributed by atoms with Crippen LogP contribution in [0.2, 0.25) is 0 Å². The van der Waals surface area contributed by atoms with E-state index >= 15 is 0 Å². The van der Waals surface area contributed by atoms with Crippen molar-refractivity contribution in [1.29, 1.82) is 0 Å². The van der Waals surface area contributed by atoms with E-state index in [1.165, 1.54) is 11.8 Å². The number of hydrogen-bond donors (Lipinski definition) is 0. The zero-order valence-corrected chi connectivity index (χ0v) is 16.0. The van der Waals surface area contributed by atoms with Gasteiger partial charge < -0.3 is 4.90 Å². The lowest BCUT2D eigenvalue weighted by Gasteiger charge is -2.29. The number of rotatable bonds is 5. The van der Waals surface area contributed by atoms with Crippen molar-refractivity contribution in [2.75, 3.05) is 18.1 Å². The molecule has 0 aliphatic carbocycles. The molecule has 1 aromatic heterocycles. The smallest absolute Gasteiger partial charge is 0.236 e. The highest BCUT2D eigenvalue weighted by atomic mass is 32.2. The number of aromatic nitrogens is 1. The molecule has 7 heteroatoms. The third kappa shape index (κ3) is 4.15. The number of amides is 1. The predicted molar refractivity (Wildman–Crippen MR) is 102 cm³/mol. The number of para-hydroxylation sites is 1. The highest BCUT2D eigenvalue weighted by Crippen LogP contribution is 2.27. The Morgan fingerprint density at radius 3 is 2.76 bits per heavy atom. The first kappa shape index (κ1) is 18.2. The molecule has 2 atom stereocenters. The third-order valence-electron chi connectivity index (χ3n) is 4.49. The van der Waals surface area contributed by atoms with Gasteiger partial charge in [-0.1, -0.05) is 36.0 Å². The van der Waals surface area contributed by atoms with Gasteiger partial charge in [-0.2, -0.15) is 0 Å². The molecule has 134 valence electrons. The number of nitrogens with zero attached hydrogens (tertiary/aromatic N) is 2. The summed E-state index contributed by atoms with van der Waals surface area (Å²) in [6, 6.07) is 11.6. The number of carbonyl (C=O) groups excluding carboxylic acids is 1. The van der Waals surface area contributed by atoms with Gasteiger partial charge in [-0.3, -0.25) is 4.79 Å². The monoisotopic (exact) mass is 378 g/mol. The van der Waals surface area contributed by atoms with Crippen molar-refractivity contribution in [3.8, 4) is 0 Å². The summed E-state index contributed by atoms with van der Waals surface area (Å²) in [6.45, 7) is 4.28. The fraction of sp³-hybridized carbons (Fsp3) is 0.444. The Labute approximate surface area is 152 Å². The first-order valence-corrected chi connectivity index (χ1v) is 11.1. The van der Waals surface area contributed by atoms with Gasteiger partial charge in [-0.25, -0.2) is 13.4 Å². The van der Waals surface area contributed by atoms with Crippen LogP contribution >= 0.6 is 11.8 Å². The number of fused-ring (bicyclic) bond motifs is 1. The Kier molecular flexibility index (Phi) is 5.34. The molecule has 25 heavy (non-hydrogen) atoms. The normalized spacial score (nSPS) is 20.5. The lowest BCUT2D eigenvalue weighted by Crippen LogP contribution is -2.44. The Balaban J connectivity index is 1.72. The zero-order valence-electron chi connectivity index (χ0n) is 14.4. The van der Waals surface area contributed by atoms with E-state index in [0.29, 0.717) is 13.0 Å². The lowest BCUT2D eigenvalue weighted by molar-refractivity contribution is -0.131. The molecule has 2 aromatic rings. The molecule has 0 radical (unpaired) electrons. The molecule has 1 amide bonds. The van der Waals surface area contributed by atoms with Crippen LogP contribution < -0.4 is 0 Å². The van der Waals surface area contributed by atoms with Gasteiger partial charge in [0.05, 0.1) is 27.3 Å². The summed E-state index contributed by atoms with van der Waals surface area (Å²) in [6.07, 6.45) is 0.535. The van der Waals surface area contributed by atoms with E-state index in [0.717, 1.165) is 15.9 Å². The Morgan fingerprint density at radius 1 is 1.32 bits per heavy atom. The summed E-state index contributed by atoms with van der Waals surface area (Å²) in [5.74, 6) is 0.234. The van der Waals surface area contributed by atoms with Gasteiger partial charge in [-0.15, -0.1) is 0 Å². The number of benzene rings is 1. The van der Waals surface area contributed by atoms with E-state index in [4.69, 9.17) is 0 Å². The molecule has 0 bridgehead atoms. The van der Waals surface area contributed by atoms with Crippen molar-refractivity contribution in [2.45, 2.75) is 36.6 Å². The second kappa shape index (κ2) is 7.33. The molecule has 1 aliphatic heterocycles. The highest BCUT2D eigenvalue weighted by Gasteiger charge is 2.35. The van der Waals surface area contributed by atoms with Crippen LogP contribution in [0, 0.1) is 0 Å². The molecule has 3 rings (SSSR count). The van der Waals surface area contributed by atoms with Crippen LogP contribution in [-0.2, 0) is 14.6 Å². The lowest BCUT2D eigenvalue weighted by atomic mass is 10.2. The summed E-state index contributed by atoms with van der Waals surface area (Å²) >= 11 is 1.42. The van der Waals surface area contributed by atoms with Crippen LogP contribution in [0.15, 0.2) is 41.4 Å². The Morgan fingerprint density at radius 2 is 2.08 bits per heavy atom. The molecule has 1 saturated heterocycles. The Bertz CT molecular complexity index is 883. The standard InChI is InChI=1S/C18H22N2O3S2/c1-3-20(15-10-11-25(22,23)12-15)18(21)13(2)24-17-9-8-14-6-4-5-7-16(14)19-17/h4-9,13,15H,3,10-12H2,1-2H3/t13-,15-/m0/s1. The van der Waals surface area contributed by atoms with E-state index in [-0.39, 0.29) is 28.7 Å². The van der Waals surface area contributed by atoms with E-state index in [9.17, 15) is 13.2 Å². The molecule has 2 heterocycles. The van der Waals surface area contributed by atoms with Crippen LogP contribution in [-0.4, -0.2) is 53.6 Å². The largest absolute Gasteiger partial charge is 0.338 e. The molecule has 1 aromatic carbocycles. The van der Waals surface area contributed by atoms with Gasteiger partial charge >= 0.3 is 0 Å². The second-order valence-electron chi connectivity index (χ2n) is 6.28. The van der Waals surface area contributed by atoms with Crippen molar-refractivity contribution in [1.82, 2.24) is 9.88 Å². The predicted octanol–water partition coefficient (Wildman–Crippen LogP) is 2.75. The van der Waals surface area contributed by atoms with Gasteiger partial charge in [0.1, 0.15) is 0 Å². The van der Waals surface area contributed by atoms with Gasteiger partial charge in [-0.05, 0) is 32.4 Å². The molecular weight excluding hydrogens is 356 g/mol. The van der Waals surface area contributed by atoms with Crippen molar-refractivity contribution in [2.24, 2.45) is 0 Å². The summed E-state index contributed by atoms with van der Waals surface area (Å²) < 4.78 is 23.4. The van der Waals surface area contributed by atoms with E-state index < -0.39 is 9.84 Å². The van der Waals surface area contributed by atoms with Gasteiger partial charge in [0.25, 0.3) is 0 Å². The van der Waals surface area contributed by atoms with Crippen LogP contribution in [0.3, 0.4) is 0 Å². The average molecular weight is 379 g/mol. The minimum absolute atomic E-state index is 0.0236. The fourth-order valence-electron chi connectivity index (χ4n) is 3.19. The van der Waals surface area contributed by atoms with Crippen LogP contribution in [0.4, 0.5) is 0 Å². The van der Waals surface area contributed by atoms with E-state index in [1.807, 2.05) is 50.2 Å². The summed E-state index contributed by atoms with van der Waals surface area (Å²) in [4.78, 5) is 19.1. The maximum absolute atomic E-state index is 12.8. The highest BCUT2D eigenvalue weighted by molar-refractivity contribution is 8.00. The number of thioether (sulfide) groups is 1. The third-order valence-corrected chi connectivity index (χ3v) is 7.27. The molecule has 0 N–H and O–H groups in total. The molecule has 0 unspecified atom stereocenters. The second-order valence-corrected chi connectivity index (χ2v) is 9.87. The zero-order chi connectivity index (χ0) is 18.0. The average Bonchev–Trinajstić information content (AvgIpc) is 2.95. The maximum Gasteiger partial charge on any atom is 0.236 e. The van der Waals surface area contributed by atoms with Gasteiger partial charge in [0, 0.05) is 18.0 Å². The van der Waals surface area contributed by atoms with Gasteiger partial charge in [0.2, 0.25) is 5.91 Å². The van der Waals surface area contributed by atoms with Crippen molar-refractivity contribution in [3.63, 3.8) is 0 Å². The minimum Gasteiger partial charge on any atom is -0.338 e. The van der Waals surface area contributed by atoms with E-state index in [2.05, 4.69) is 4.98 Å². The van der Waals surface area contributed by atoms with Crippen LogP contribution in [0.5, 0.6) is 0 Å². The van der Waals surface area contributed by atoms with Crippen LogP contribution in [0.25, 0.3) is 10.9 Å². The number of pyridine rings is 1. The number of hydrogen-bond acceptors (Lipinski definition) is 5. The molecular formula is C18H22N2O3S2. The SMILES string of the molecule is CCN(C(=O)[C@H](C)Sc1ccc2ccccc2n1)[C@H]1CCS(=O)(=O)C1. The topological polar surface area (TPSA) is 67.3 Å². The molecule has 5 nitrogen and oxygen atoms in total. The van der Waals surface area contributed by atoms with Gasteiger partial charge in [0.15, 0.2) is 9.84 Å². The minimum atomic E-state index is -3.01.